The summed E-state index contributed by atoms with van der Waals surface area (Å²) in [5, 5.41) is 0. The number of carbonyl (C=O) groups excluding carboxylic acids is 3. The van der Waals surface area contributed by atoms with Gasteiger partial charge in [0.2, 0.25) is 0 Å². The minimum atomic E-state index is -3.05. The van der Waals surface area contributed by atoms with Crippen LogP contribution in [0.3, 0.4) is 0 Å². The molecule has 0 saturated carbocycles. The first-order chi connectivity index (χ1) is 13.3. The number of esters is 1. The van der Waals surface area contributed by atoms with Crippen LogP contribution in [0.1, 0.15) is 24.2 Å². The molecule has 0 spiro atoms. The van der Waals surface area contributed by atoms with E-state index in [-0.39, 0.29) is 22.5 Å². The third kappa shape index (κ3) is 6.05. The Balaban J connectivity index is 2.14. The second kappa shape index (κ2) is 9.84. The van der Waals surface area contributed by atoms with E-state index in [0.29, 0.717) is 3.57 Å². The Labute approximate surface area is 171 Å². The zero-order chi connectivity index (χ0) is 20.7. The van der Waals surface area contributed by atoms with Crippen molar-refractivity contribution >= 4 is 38.6 Å². The summed E-state index contributed by atoms with van der Waals surface area (Å²) >= 11 is -3.05. The Morgan fingerprint density at radius 1 is 0.786 bits per heavy atom. The van der Waals surface area contributed by atoms with Crippen LogP contribution >= 0.6 is 20.6 Å². The zero-order valence-corrected chi connectivity index (χ0v) is 17.6. The van der Waals surface area contributed by atoms with Gasteiger partial charge in [0.25, 0.3) is 0 Å². The minimum absolute atomic E-state index is 0.220. The first-order valence-electron chi connectivity index (χ1n) is 8.12. The van der Waals surface area contributed by atoms with Crippen LogP contribution in [0, 0.1) is 3.57 Å². The Hall–Kier alpha value is -2.94. The summed E-state index contributed by atoms with van der Waals surface area (Å²) in [5.41, 5.74) is 0.720. The van der Waals surface area contributed by atoms with Gasteiger partial charge in [-0.2, -0.15) is 0 Å². The molecule has 0 N–H and O–H groups in total. The number of halogens is 1. The molecule has 7 heteroatoms. The van der Waals surface area contributed by atoms with Crippen molar-refractivity contribution in [3.05, 3.63) is 88.0 Å². The number of rotatable bonds is 7. The fraction of sp³-hybridized carbons (Fsp3) is 0.0952. The second-order valence-corrected chi connectivity index (χ2v) is 9.08. The topological polar surface area (TPSA) is 78.9 Å². The number of hydrogen-bond acceptors (Lipinski definition) is 6. The number of benzene rings is 2. The molecule has 2 aromatic carbocycles. The van der Waals surface area contributed by atoms with E-state index in [4.69, 9.17) is 10.9 Å². The van der Waals surface area contributed by atoms with E-state index in [1.807, 2.05) is 6.07 Å². The van der Waals surface area contributed by atoms with Crippen LogP contribution in [0.25, 0.3) is 0 Å². The van der Waals surface area contributed by atoms with Crippen LogP contribution in [0.2, 0.25) is 0 Å². The summed E-state index contributed by atoms with van der Waals surface area (Å²) in [6.45, 7) is 10.1. The molecule has 0 unspecified atom stereocenters. The first-order valence-corrected chi connectivity index (χ1v) is 11.0. The molecule has 0 aliphatic rings. The molecule has 0 atom stereocenters. The van der Waals surface area contributed by atoms with E-state index in [1.54, 1.807) is 24.3 Å². The summed E-state index contributed by atoms with van der Waals surface area (Å²) < 4.78 is 16.6. The van der Waals surface area contributed by atoms with Crippen LogP contribution in [0.15, 0.2) is 78.9 Å². The molecule has 0 heterocycles. The number of carbonyl (C=O) groups is 3. The van der Waals surface area contributed by atoms with Crippen molar-refractivity contribution in [3.8, 4) is 5.75 Å². The van der Waals surface area contributed by atoms with Gasteiger partial charge in [0.15, 0.2) is 0 Å². The standard InChI is InChI=1S/C21H19IO6/c1-14(2)19(23)26-18-12-10-16(11-13-18)21(25)28-22(27-20(24)15(3)4)17-8-6-5-7-9-17/h5-13H,1,3H2,2,4H3. The Morgan fingerprint density at radius 3 is 1.89 bits per heavy atom. The van der Waals surface area contributed by atoms with Crippen LogP contribution in [0.4, 0.5) is 0 Å². The van der Waals surface area contributed by atoms with Crippen molar-refractivity contribution < 1.29 is 25.3 Å². The van der Waals surface area contributed by atoms with Crippen molar-refractivity contribution in [1.29, 1.82) is 0 Å². The SMILES string of the molecule is C=C(C)C(=O)Oc1ccc(C(=O)OI(OC(=O)C(=C)C)c2ccccc2)cc1. The molecule has 0 fully saturated rings. The van der Waals surface area contributed by atoms with E-state index >= 15 is 0 Å². The quantitative estimate of drug-likeness (QED) is 0.241. The van der Waals surface area contributed by atoms with Gasteiger partial charge in [0, 0.05) is 0 Å². The molecule has 0 aliphatic heterocycles. The maximum absolute atomic E-state index is 12.5. The number of hydrogen-bond donors (Lipinski definition) is 0. The molecule has 2 rings (SSSR count). The summed E-state index contributed by atoms with van der Waals surface area (Å²) in [6, 6.07) is 14.7. The molecule has 2 aromatic rings. The average Bonchev–Trinajstić information content (AvgIpc) is 2.68. The molecular formula is C21H19IO6. The van der Waals surface area contributed by atoms with Crippen molar-refractivity contribution in [1.82, 2.24) is 0 Å². The van der Waals surface area contributed by atoms with Gasteiger partial charge >= 0.3 is 171 Å². The first kappa shape index (κ1) is 21.4. The summed E-state index contributed by atoms with van der Waals surface area (Å²) in [7, 11) is 0. The van der Waals surface area contributed by atoms with Crippen molar-refractivity contribution in [2.45, 2.75) is 13.8 Å². The molecule has 0 aromatic heterocycles. The normalized spacial score (nSPS) is 10.4. The van der Waals surface area contributed by atoms with Crippen molar-refractivity contribution in [2.24, 2.45) is 0 Å². The van der Waals surface area contributed by atoms with E-state index in [1.165, 1.54) is 38.1 Å². The molecule has 0 radical (unpaired) electrons. The molecule has 146 valence electrons. The van der Waals surface area contributed by atoms with E-state index in [0.717, 1.165) is 0 Å². The van der Waals surface area contributed by atoms with Gasteiger partial charge in [0.05, 0.1) is 0 Å². The van der Waals surface area contributed by atoms with Gasteiger partial charge in [-0.05, 0) is 0 Å². The predicted molar refractivity (Wildman–Crippen MR) is 112 cm³/mol. The summed E-state index contributed by atoms with van der Waals surface area (Å²) in [4.78, 5) is 35.9. The fourth-order valence-corrected chi connectivity index (χ4v) is 4.67. The van der Waals surface area contributed by atoms with Crippen molar-refractivity contribution in [3.63, 3.8) is 0 Å². The monoisotopic (exact) mass is 494 g/mol. The second-order valence-electron chi connectivity index (χ2n) is 5.72. The number of ether oxygens (including phenoxy) is 1. The molecule has 0 aliphatic carbocycles. The molecule has 0 saturated heterocycles. The van der Waals surface area contributed by atoms with Crippen LogP contribution in [-0.2, 0) is 15.7 Å². The van der Waals surface area contributed by atoms with Gasteiger partial charge in [-0.25, -0.2) is 0 Å². The molecular weight excluding hydrogens is 475 g/mol. The Bertz CT molecular complexity index is 902. The van der Waals surface area contributed by atoms with E-state index < -0.39 is 38.6 Å². The van der Waals surface area contributed by atoms with Crippen LogP contribution < -0.4 is 4.74 Å². The van der Waals surface area contributed by atoms with E-state index in [2.05, 4.69) is 13.2 Å². The molecule has 6 nitrogen and oxygen atoms in total. The predicted octanol–water partition coefficient (Wildman–Crippen LogP) is 4.65. The van der Waals surface area contributed by atoms with Gasteiger partial charge in [0.1, 0.15) is 0 Å². The summed E-state index contributed by atoms with van der Waals surface area (Å²) in [6.07, 6.45) is 0. The third-order valence-corrected chi connectivity index (χ3v) is 6.53. The maximum atomic E-state index is 12.5. The Morgan fingerprint density at radius 2 is 1.36 bits per heavy atom. The van der Waals surface area contributed by atoms with Crippen LogP contribution in [0.5, 0.6) is 5.75 Å². The van der Waals surface area contributed by atoms with Crippen molar-refractivity contribution in [2.75, 3.05) is 0 Å². The average molecular weight is 494 g/mol. The molecule has 0 amide bonds. The van der Waals surface area contributed by atoms with Crippen LogP contribution in [-0.4, -0.2) is 17.9 Å². The zero-order valence-electron chi connectivity index (χ0n) is 15.4. The Kier molecular flexibility index (Phi) is 7.51. The summed E-state index contributed by atoms with van der Waals surface area (Å²) in [5.74, 6) is -1.53. The molecule has 28 heavy (non-hydrogen) atoms. The fourth-order valence-electron chi connectivity index (χ4n) is 1.71. The molecule has 0 bridgehead atoms. The van der Waals surface area contributed by atoms with Gasteiger partial charge in [-0.3, -0.25) is 0 Å². The van der Waals surface area contributed by atoms with Gasteiger partial charge in [-0.15, -0.1) is 0 Å². The third-order valence-electron chi connectivity index (χ3n) is 3.19. The van der Waals surface area contributed by atoms with Gasteiger partial charge < -0.3 is 0 Å². The van der Waals surface area contributed by atoms with Gasteiger partial charge in [-0.1, -0.05) is 0 Å². The van der Waals surface area contributed by atoms with E-state index in [9.17, 15) is 14.4 Å².